The molecule has 0 fully saturated rings. The molecule has 2 aromatic rings. The fraction of sp³-hybridized carbons (Fsp3) is 0.429. The van der Waals surface area contributed by atoms with Gasteiger partial charge in [0, 0.05) is 57.2 Å². The summed E-state index contributed by atoms with van der Waals surface area (Å²) < 4.78 is 22.9. The van der Waals surface area contributed by atoms with Crippen LogP contribution in [-0.2, 0) is 54.2 Å². The van der Waals surface area contributed by atoms with Crippen LogP contribution in [0.2, 0.25) is 0 Å². The molecule has 0 aliphatic heterocycles. The molecular formula is C28H40N4O14P2. The van der Waals surface area contributed by atoms with E-state index >= 15 is 0 Å². The van der Waals surface area contributed by atoms with Crippen LogP contribution in [0, 0.1) is 0 Å². The van der Waals surface area contributed by atoms with Crippen molar-refractivity contribution in [2.24, 2.45) is 0 Å². The van der Waals surface area contributed by atoms with E-state index in [0.29, 0.717) is 17.5 Å². The van der Waals surface area contributed by atoms with Crippen LogP contribution in [0.15, 0.2) is 36.4 Å². The van der Waals surface area contributed by atoms with Crippen molar-refractivity contribution in [3.8, 4) is 11.5 Å². The van der Waals surface area contributed by atoms with E-state index in [2.05, 4.69) is 5.32 Å². The van der Waals surface area contributed by atoms with E-state index in [0.717, 1.165) is 5.56 Å². The second-order valence-electron chi connectivity index (χ2n) is 10.9. The van der Waals surface area contributed by atoms with Crippen LogP contribution >= 0.6 is 15.2 Å². The van der Waals surface area contributed by atoms with Gasteiger partial charge in [0.1, 0.15) is 11.5 Å². The maximum absolute atomic E-state index is 12.2. The van der Waals surface area contributed by atoms with Gasteiger partial charge in [-0.3, -0.25) is 38.1 Å². The molecule has 18 nitrogen and oxygen atoms in total. The molecule has 0 saturated carbocycles. The molecule has 0 unspecified atom stereocenters. The lowest BCUT2D eigenvalue weighted by molar-refractivity contribution is -0.140. The summed E-state index contributed by atoms with van der Waals surface area (Å²) in [5, 5.41) is 44.1. The molecule has 2 rings (SSSR count). The van der Waals surface area contributed by atoms with Crippen molar-refractivity contribution in [1.29, 1.82) is 0 Å². The fourth-order valence-electron chi connectivity index (χ4n) is 4.64. The predicted molar refractivity (Wildman–Crippen MR) is 169 cm³/mol. The lowest BCUT2D eigenvalue weighted by Crippen LogP contribution is -2.39. The third-order valence-corrected chi connectivity index (χ3v) is 10.4. The monoisotopic (exact) mass is 718 g/mol. The number of hydrogen-bond donors (Lipinski definition) is 10. The molecule has 20 heteroatoms. The summed E-state index contributed by atoms with van der Waals surface area (Å²) in [6.07, 6.45) is 0.0696. The lowest BCUT2D eigenvalue weighted by Gasteiger charge is -2.26. The Morgan fingerprint density at radius 2 is 1.10 bits per heavy atom. The number of rotatable bonds is 20. The summed E-state index contributed by atoms with van der Waals surface area (Å²) in [4.78, 5) is 86.8. The van der Waals surface area contributed by atoms with Crippen molar-refractivity contribution < 1.29 is 68.3 Å². The minimum absolute atomic E-state index is 0.00885. The second-order valence-corrected chi connectivity index (χ2v) is 14.7. The Labute approximate surface area is 275 Å². The summed E-state index contributed by atoms with van der Waals surface area (Å²) in [7, 11) is -9.26. The summed E-state index contributed by atoms with van der Waals surface area (Å²) in [6.45, 7) is -1.05. The van der Waals surface area contributed by atoms with Crippen molar-refractivity contribution in [1.82, 2.24) is 20.4 Å². The Morgan fingerprint density at radius 1 is 0.708 bits per heavy atom. The van der Waals surface area contributed by atoms with Gasteiger partial charge in [0.2, 0.25) is 17.3 Å². The van der Waals surface area contributed by atoms with Gasteiger partial charge in [-0.1, -0.05) is 24.3 Å². The van der Waals surface area contributed by atoms with Crippen LogP contribution in [0.5, 0.6) is 11.5 Å². The number of amides is 2. The van der Waals surface area contributed by atoms with E-state index in [9.17, 15) is 68.3 Å². The number of phenolic OH excluding ortho intramolecular Hbond substituents is 2. The molecule has 0 heterocycles. The molecule has 0 bridgehead atoms. The minimum Gasteiger partial charge on any atom is -0.508 e. The molecule has 0 aliphatic rings. The first-order chi connectivity index (χ1) is 22.3. The summed E-state index contributed by atoms with van der Waals surface area (Å²) in [5.41, 5.74) is -0.900. The maximum Gasteiger partial charge on any atom is 0.360 e. The van der Waals surface area contributed by atoms with E-state index in [1.807, 2.05) is 0 Å². The number of phenols is 2. The molecule has 2 aromatic carbocycles. The SMILES string of the molecule is CNC(=O)CCc1ccc(O)c(CN(CCN(CC(=O)O)Cc2cc(CCC(=O)NC(P(=O)(O)O)P(=O)(O)O)ccc2O)CC(=O)O)c1. The van der Waals surface area contributed by atoms with E-state index in [-0.39, 0.29) is 62.0 Å². The highest BCUT2D eigenvalue weighted by atomic mass is 31.2. The molecule has 0 saturated heterocycles. The highest BCUT2D eigenvalue weighted by Gasteiger charge is 2.44. The molecule has 48 heavy (non-hydrogen) atoms. The number of benzene rings is 2. The Bertz CT molecular complexity index is 1540. The molecule has 266 valence electrons. The van der Waals surface area contributed by atoms with Gasteiger partial charge in [0.25, 0.3) is 0 Å². The average Bonchev–Trinajstić information content (AvgIpc) is 2.97. The number of carboxylic acid groups (broad SMARTS) is 2. The van der Waals surface area contributed by atoms with Gasteiger partial charge in [-0.05, 0) is 36.1 Å². The summed E-state index contributed by atoms with van der Waals surface area (Å²) in [6, 6.07) is 8.92. The molecule has 2 amide bonds. The molecular weight excluding hydrogens is 678 g/mol. The standard InChI is InChI=1S/C28H40N4O14P2/c1-29-24(35)8-4-18-2-6-22(33)20(12-18)14-31(16-26(37)38)10-11-32(17-27(39)40)15-21-13-19(3-7-23(21)34)5-9-25(36)30-28(47(41,42)43)48(44,45)46/h2-3,6-7,12-13,28,33-34H,4-5,8-11,14-17H2,1H3,(H,29,35)(H,30,36)(H,37,38)(H,39,40)(H2,41,42,43)(H2,44,45,46). The molecule has 0 aliphatic carbocycles. The van der Waals surface area contributed by atoms with Crippen molar-refractivity contribution in [2.75, 3.05) is 33.2 Å². The second kappa shape index (κ2) is 18.1. The summed E-state index contributed by atoms with van der Waals surface area (Å²) >= 11 is 0. The van der Waals surface area contributed by atoms with Crippen LogP contribution in [0.1, 0.15) is 35.1 Å². The van der Waals surface area contributed by atoms with E-state index in [1.165, 1.54) is 41.1 Å². The van der Waals surface area contributed by atoms with Gasteiger partial charge in [-0.2, -0.15) is 0 Å². The number of carboxylic acids is 2. The largest absolute Gasteiger partial charge is 0.508 e. The highest BCUT2D eigenvalue weighted by Crippen LogP contribution is 2.58. The van der Waals surface area contributed by atoms with E-state index < -0.39 is 58.1 Å². The first kappa shape index (κ1) is 40.3. The fourth-order valence-corrected chi connectivity index (χ4v) is 6.83. The Hall–Kier alpha value is -3.86. The first-order valence-electron chi connectivity index (χ1n) is 14.4. The number of hydrogen-bond acceptors (Lipinski definition) is 10. The van der Waals surface area contributed by atoms with Crippen LogP contribution in [0.25, 0.3) is 0 Å². The van der Waals surface area contributed by atoms with Crippen LogP contribution < -0.4 is 10.6 Å². The average molecular weight is 719 g/mol. The van der Waals surface area contributed by atoms with E-state index in [4.69, 9.17) is 0 Å². The predicted octanol–water partition coefficient (Wildman–Crippen LogP) is -0.0624. The zero-order valence-corrected chi connectivity index (χ0v) is 27.7. The third kappa shape index (κ3) is 14.1. The minimum atomic E-state index is -5.39. The number of aromatic hydroxyl groups is 2. The van der Waals surface area contributed by atoms with Gasteiger partial charge >= 0.3 is 27.1 Å². The van der Waals surface area contributed by atoms with Gasteiger partial charge in [-0.15, -0.1) is 0 Å². The number of carbonyl (C=O) groups excluding carboxylic acids is 2. The Balaban J connectivity index is 2.16. The van der Waals surface area contributed by atoms with Gasteiger partial charge in [-0.25, -0.2) is 0 Å². The third-order valence-electron chi connectivity index (χ3n) is 7.01. The van der Waals surface area contributed by atoms with Gasteiger partial charge in [0.15, 0.2) is 0 Å². The summed E-state index contributed by atoms with van der Waals surface area (Å²) in [5.74, 6) is -3.92. The topological polar surface area (TPSA) is 295 Å². The van der Waals surface area contributed by atoms with Gasteiger partial charge < -0.3 is 50.6 Å². The maximum atomic E-state index is 12.2. The quantitative estimate of drug-likeness (QED) is 0.0802. The molecule has 10 N–H and O–H groups in total. The smallest absolute Gasteiger partial charge is 0.360 e. The Kier molecular flexibility index (Phi) is 15.2. The number of nitrogens with one attached hydrogen (secondary N) is 2. The van der Waals surface area contributed by atoms with Crippen molar-refractivity contribution in [2.45, 2.75) is 44.3 Å². The highest BCUT2D eigenvalue weighted by molar-refractivity contribution is 7.70. The molecule has 0 radical (unpaired) electrons. The van der Waals surface area contributed by atoms with Crippen LogP contribution in [0.3, 0.4) is 0 Å². The van der Waals surface area contributed by atoms with Crippen molar-refractivity contribution in [3.63, 3.8) is 0 Å². The number of carbonyl (C=O) groups is 4. The normalized spacial score (nSPS) is 12.0. The molecule has 0 spiro atoms. The zero-order chi connectivity index (χ0) is 36.2. The van der Waals surface area contributed by atoms with Crippen molar-refractivity contribution in [3.05, 3.63) is 58.7 Å². The number of aryl methyl sites for hydroxylation is 2. The molecule has 0 atom stereocenters. The van der Waals surface area contributed by atoms with Crippen molar-refractivity contribution >= 4 is 38.9 Å². The zero-order valence-electron chi connectivity index (χ0n) is 25.9. The van der Waals surface area contributed by atoms with Crippen LogP contribution in [0.4, 0.5) is 0 Å². The molecule has 0 aromatic heterocycles. The number of nitrogens with zero attached hydrogens (tertiary/aromatic N) is 2. The van der Waals surface area contributed by atoms with Gasteiger partial charge in [0.05, 0.1) is 13.1 Å². The Morgan fingerprint density at radius 3 is 1.46 bits per heavy atom. The van der Waals surface area contributed by atoms with E-state index in [1.54, 1.807) is 17.4 Å². The lowest BCUT2D eigenvalue weighted by atomic mass is 10.0. The van der Waals surface area contributed by atoms with Crippen LogP contribution in [-0.4, -0.2) is 112 Å². The number of aliphatic carboxylic acids is 2. The first-order valence-corrected chi connectivity index (χ1v) is 17.7.